The Kier molecular flexibility index (Phi) is 3.34. The molecular weight excluding hydrogens is 230 g/mol. The van der Waals surface area contributed by atoms with E-state index in [2.05, 4.69) is 0 Å². The molecule has 2 atom stereocenters. The smallest absolute Gasteiger partial charge is 0.410 e. The van der Waals surface area contributed by atoms with Gasteiger partial charge in [0.2, 0.25) is 0 Å². The predicted molar refractivity (Wildman–Crippen MR) is 69.3 cm³/mol. The summed E-state index contributed by atoms with van der Waals surface area (Å²) in [7, 11) is 0. The number of hydrogen-bond acceptors (Lipinski definition) is 3. The highest BCUT2D eigenvalue weighted by Crippen LogP contribution is 2.47. The normalized spacial score (nSPS) is 33.4. The zero-order valence-corrected chi connectivity index (χ0v) is 11.9. The summed E-state index contributed by atoms with van der Waals surface area (Å²) in [5.41, 5.74) is -1.01. The second-order valence-corrected chi connectivity index (χ2v) is 6.84. The van der Waals surface area contributed by atoms with E-state index in [1.54, 1.807) is 4.90 Å². The topological polar surface area (TPSA) is 49.8 Å². The molecule has 18 heavy (non-hydrogen) atoms. The van der Waals surface area contributed by atoms with Crippen LogP contribution < -0.4 is 0 Å². The molecule has 1 saturated heterocycles. The van der Waals surface area contributed by atoms with E-state index in [0.29, 0.717) is 25.4 Å². The van der Waals surface area contributed by atoms with Gasteiger partial charge in [-0.25, -0.2) is 4.79 Å². The third-order valence-electron chi connectivity index (χ3n) is 4.07. The summed E-state index contributed by atoms with van der Waals surface area (Å²) in [6.07, 6.45) is 2.69. The van der Waals surface area contributed by atoms with E-state index in [1.165, 1.54) is 0 Å². The molecule has 4 heteroatoms. The predicted octanol–water partition coefficient (Wildman–Crippen LogP) is 2.40. The van der Waals surface area contributed by atoms with Gasteiger partial charge in [0.25, 0.3) is 0 Å². The Labute approximate surface area is 109 Å². The van der Waals surface area contributed by atoms with Crippen molar-refractivity contribution in [2.75, 3.05) is 13.1 Å². The van der Waals surface area contributed by atoms with E-state index in [4.69, 9.17) is 4.74 Å². The van der Waals surface area contributed by atoms with Gasteiger partial charge >= 0.3 is 6.09 Å². The lowest BCUT2D eigenvalue weighted by Gasteiger charge is -2.43. The van der Waals surface area contributed by atoms with Crippen LogP contribution in [0.4, 0.5) is 4.79 Å². The second-order valence-electron chi connectivity index (χ2n) is 6.84. The summed E-state index contributed by atoms with van der Waals surface area (Å²) in [6.45, 7) is 8.86. The molecule has 4 nitrogen and oxygen atoms in total. The molecule has 0 spiro atoms. The molecule has 0 bridgehead atoms. The van der Waals surface area contributed by atoms with Crippen LogP contribution in [0.5, 0.6) is 0 Å². The van der Waals surface area contributed by atoms with E-state index in [-0.39, 0.29) is 12.0 Å². The van der Waals surface area contributed by atoms with Crippen molar-refractivity contribution in [3.8, 4) is 0 Å². The van der Waals surface area contributed by atoms with Gasteiger partial charge in [0.05, 0.1) is 5.60 Å². The maximum atomic E-state index is 12.0. The van der Waals surface area contributed by atoms with Crippen LogP contribution in [0.25, 0.3) is 0 Å². The Balaban J connectivity index is 1.93. The van der Waals surface area contributed by atoms with Crippen molar-refractivity contribution in [2.24, 2.45) is 11.8 Å². The van der Waals surface area contributed by atoms with Gasteiger partial charge in [-0.15, -0.1) is 0 Å². The number of piperidine rings is 1. The number of ether oxygens (including phenoxy) is 1. The Morgan fingerprint density at radius 1 is 1.39 bits per heavy atom. The number of likely N-dealkylation sites (tertiary alicyclic amines) is 1. The van der Waals surface area contributed by atoms with E-state index >= 15 is 0 Å². The third-order valence-corrected chi connectivity index (χ3v) is 4.07. The molecule has 1 aliphatic heterocycles. The van der Waals surface area contributed by atoms with Gasteiger partial charge in [-0.1, -0.05) is 6.92 Å². The van der Waals surface area contributed by atoms with Gasteiger partial charge in [0.15, 0.2) is 0 Å². The monoisotopic (exact) mass is 255 g/mol. The minimum Gasteiger partial charge on any atom is -0.444 e. The molecule has 2 fully saturated rings. The maximum Gasteiger partial charge on any atom is 0.410 e. The van der Waals surface area contributed by atoms with Gasteiger partial charge in [-0.05, 0) is 46.0 Å². The summed E-state index contributed by atoms with van der Waals surface area (Å²) < 4.78 is 5.38. The molecule has 0 radical (unpaired) electrons. The van der Waals surface area contributed by atoms with Gasteiger partial charge in [-0.2, -0.15) is 0 Å². The highest BCUT2D eigenvalue weighted by molar-refractivity contribution is 5.68. The van der Waals surface area contributed by atoms with Crippen LogP contribution in [0, 0.1) is 11.8 Å². The Morgan fingerprint density at radius 3 is 2.44 bits per heavy atom. The molecule has 0 aromatic rings. The van der Waals surface area contributed by atoms with Crippen molar-refractivity contribution < 1.29 is 14.6 Å². The molecule has 0 aromatic heterocycles. The van der Waals surface area contributed by atoms with Crippen LogP contribution >= 0.6 is 0 Å². The van der Waals surface area contributed by atoms with Gasteiger partial charge < -0.3 is 14.7 Å². The van der Waals surface area contributed by atoms with Crippen molar-refractivity contribution in [1.29, 1.82) is 0 Å². The van der Waals surface area contributed by atoms with Crippen LogP contribution in [0.15, 0.2) is 0 Å². The fourth-order valence-electron chi connectivity index (χ4n) is 2.82. The molecule has 1 amide bonds. The van der Waals surface area contributed by atoms with Crippen LogP contribution in [0.2, 0.25) is 0 Å². The molecule has 1 N–H and O–H groups in total. The molecular formula is C14H25NO3. The average Bonchev–Trinajstić information content (AvgIpc) is 3.03. The van der Waals surface area contributed by atoms with Crippen LogP contribution in [-0.2, 0) is 4.74 Å². The molecule has 1 aliphatic carbocycles. The average molecular weight is 255 g/mol. The summed E-state index contributed by atoms with van der Waals surface area (Å²) in [5.74, 6) is 0.583. The highest BCUT2D eigenvalue weighted by atomic mass is 16.6. The number of rotatable bonds is 1. The summed E-state index contributed by atoms with van der Waals surface area (Å²) >= 11 is 0. The molecule has 1 saturated carbocycles. The SMILES string of the molecule is CC1CN(C(=O)OC(C)(C)C)CCC1(O)C1CC1. The number of nitrogens with zero attached hydrogens (tertiary/aromatic N) is 1. The first-order chi connectivity index (χ1) is 8.22. The van der Waals surface area contributed by atoms with Crippen molar-refractivity contribution >= 4 is 6.09 Å². The quantitative estimate of drug-likeness (QED) is 0.782. The zero-order valence-electron chi connectivity index (χ0n) is 11.9. The lowest BCUT2D eigenvalue weighted by Crippen LogP contribution is -2.54. The zero-order chi connectivity index (χ0) is 13.6. The van der Waals surface area contributed by atoms with Crippen LogP contribution in [0.1, 0.15) is 47.0 Å². The summed E-state index contributed by atoms with van der Waals surface area (Å²) in [4.78, 5) is 13.7. The Morgan fingerprint density at radius 2 is 2.00 bits per heavy atom. The lowest BCUT2D eigenvalue weighted by atomic mass is 9.78. The Bertz CT molecular complexity index is 332. The fraction of sp³-hybridized carbons (Fsp3) is 0.929. The lowest BCUT2D eigenvalue weighted by molar-refractivity contribution is -0.0827. The summed E-state index contributed by atoms with van der Waals surface area (Å²) in [5, 5.41) is 10.6. The number of carbonyl (C=O) groups is 1. The second kappa shape index (κ2) is 4.41. The van der Waals surface area contributed by atoms with Gasteiger partial charge in [-0.3, -0.25) is 0 Å². The first kappa shape index (κ1) is 13.7. The van der Waals surface area contributed by atoms with Crippen molar-refractivity contribution in [2.45, 2.75) is 58.2 Å². The van der Waals surface area contributed by atoms with E-state index < -0.39 is 11.2 Å². The molecule has 0 aromatic carbocycles. The molecule has 104 valence electrons. The van der Waals surface area contributed by atoms with Crippen LogP contribution in [-0.4, -0.2) is 40.4 Å². The van der Waals surface area contributed by atoms with Crippen molar-refractivity contribution in [1.82, 2.24) is 4.90 Å². The van der Waals surface area contributed by atoms with Gasteiger partial charge in [0, 0.05) is 19.0 Å². The molecule has 1 heterocycles. The largest absolute Gasteiger partial charge is 0.444 e. The first-order valence-corrected chi connectivity index (χ1v) is 6.93. The van der Waals surface area contributed by atoms with Crippen molar-refractivity contribution in [3.05, 3.63) is 0 Å². The molecule has 2 aliphatic rings. The Hall–Kier alpha value is -0.770. The molecule has 2 rings (SSSR count). The van der Waals surface area contributed by atoms with Crippen molar-refractivity contribution in [3.63, 3.8) is 0 Å². The number of carbonyl (C=O) groups excluding carboxylic acids is 1. The minimum atomic E-state index is -0.557. The fourth-order valence-corrected chi connectivity index (χ4v) is 2.82. The van der Waals surface area contributed by atoms with Gasteiger partial charge in [0.1, 0.15) is 5.60 Å². The minimum absolute atomic E-state index is 0.131. The molecule has 2 unspecified atom stereocenters. The number of hydrogen-bond donors (Lipinski definition) is 1. The highest BCUT2D eigenvalue weighted by Gasteiger charge is 2.50. The van der Waals surface area contributed by atoms with E-state index in [0.717, 1.165) is 12.8 Å². The first-order valence-electron chi connectivity index (χ1n) is 6.93. The standard InChI is InChI=1S/C14H25NO3/c1-10-9-15(12(16)18-13(2,3)4)8-7-14(10,17)11-5-6-11/h10-11,17H,5-9H2,1-4H3. The summed E-state index contributed by atoms with van der Waals surface area (Å²) in [6, 6.07) is 0. The number of amides is 1. The van der Waals surface area contributed by atoms with E-state index in [9.17, 15) is 9.90 Å². The third kappa shape index (κ3) is 2.79. The van der Waals surface area contributed by atoms with Crippen LogP contribution in [0.3, 0.4) is 0 Å². The number of aliphatic hydroxyl groups is 1. The maximum absolute atomic E-state index is 12.0. The van der Waals surface area contributed by atoms with E-state index in [1.807, 2.05) is 27.7 Å².